The van der Waals surface area contributed by atoms with Crippen LogP contribution in [-0.4, -0.2) is 13.4 Å². The monoisotopic (exact) mass is 238 g/mol. The minimum atomic E-state index is -4.81. The van der Waals surface area contributed by atoms with Gasteiger partial charge in [-0.2, -0.15) is 0 Å². The van der Waals surface area contributed by atoms with Crippen LogP contribution in [0.25, 0.3) is 0 Å². The molecule has 7 heteroatoms. The van der Waals surface area contributed by atoms with Gasteiger partial charge in [-0.05, 0) is 5.41 Å². The van der Waals surface area contributed by atoms with Gasteiger partial charge in [-0.1, -0.05) is 24.6 Å². The zero-order valence-electron chi connectivity index (χ0n) is 7.87. The van der Waals surface area contributed by atoms with E-state index in [2.05, 4.69) is 0 Å². The molecular weight excluding hydrogens is 229 g/mol. The van der Waals surface area contributed by atoms with E-state index in [1.165, 1.54) is 0 Å². The molecule has 0 aromatic heterocycles. The number of hydrogen-bond donors (Lipinski definition) is 0. The molecule has 0 aromatic rings. The Morgan fingerprint density at radius 1 is 1.07 bits per heavy atom. The van der Waals surface area contributed by atoms with Crippen molar-refractivity contribution >= 4 is 6.98 Å². The Balaban J connectivity index is 0.000000980. The average Bonchev–Trinajstić information content (AvgIpc) is 1.70. The number of hydrogen-bond acceptors (Lipinski definition) is 0. The molecule has 0 aromatic carbocycles. The van der Waals surface area contributed by atoms with Gasteiger partial charge in [0.15, 0.2) is 0 Å². The molecule has 3 saturated carbocycles. The van der Waals surface area contributed by atoms with Crippen molar-refractivity contribution in [3.63, 3.8) is 0 Å². The van der Waals surface area contributed by atoms with E-state index < -0.39 is 24.1 Å². The molecule has 0 N–H and O–H groups in total. The molecular formula is C7H9BF5K. The standard InChI is InChI=1S/C7H9BF5.K/c9-5(10)1-6-2-7(3-6,4-6)8(11,12)13;/h5H,1-4H2;/q-1;+1. The summed E-state index contributed by atoms with van der Waals surface area (Å²) in [6.45, 7) is -4.81. The van der Waals surface area contributed by atoms with Crippen LogP contribution >= 0.6 is 0 Å². The maximum atomic E-state index is 12.3. The van der Waals surface area contributed by atoms with Crippen LogP contribution in [0.1, 0.15) is 25.7 Å². The van der Waals surface area contributed by atoms with Crippen LogP contribution in [0.15, 0.2) is 0 Å². The molecule has 0 heterocycles. The van der Waals surface area contributed by atoms with Crippen LogP contribution in [0.4, 0.5) is 21.7 Å². The van der Waals surface area contributed by atoms with Gasteiger partial charge in [0.25, 0.3) is 0 Å². The van der Waals surface area contributed by atoms with E-state index in [4.69, 9.17) is 0 Å². The minimum absolute atomic E-state index is 0. The second-order valence-electron chi connectivity index (χ2n) is 4.56. The molecule has 14 heavy (non-hydrogen) atoms. The van der Waals surface area contributed by atoms with E-state index in [0.717, 1.165) is 0 Å². The van der Waals surface area contributed by atoms with Gasteiger partial charge in [0, 0.05) is 6.42 Å². The summed E-state index contributed by atoms with van der Waals surface area (Å²) in [7, 11) is 0. The molecule has 0 aliphatic heterocycles. The van der Waals surface area contributed by atoms with Crippen LogP contribution in [0.3, 0.4) is 0 Å². The summed E-state index contributed by atoms with van der Waals surface area (Å²) in [5.74, 6) is 0. The number of halogens is 5. The SMILES string of the molecule is FC(F)CC12CC([B-](F)(F)F)(C1)C2.[K+]. The number of alkyl halides is 2. The molecule has 0 unspecified atom stereocenters. The first-order chi connectivity index (χ1) is 5.79. The first-order valence-corrected chi connectivity index (χ1v) is 4.26. The van der Waals surface area contributed by atoms with Crippen molar-refractivity contribution in [2.75, 3.05) is 0 Å². The summed E-state index contributed by atoms with van der Waals surface area (Å²) in [5.41, 5.74) is -0.647. The van der Waals surface area contributed by atoms with E-state index in [-0.39, 0.29) is 77.1 Å². The third-order valence-corrected chi connectivity index (χ3v) is 3.46. The molecule has 0 spiro atoms. The molecule has 0 amide bonds. The minimum Gasteiger partial charge on any atom is -0.449 e. The van der Waals surface area contributed by atoms with Crippen molar-refractivity contribution in [3.05, 3.63) is 0 Å². The molecule has 0 saturated heterocycles. The number of rotatable bonds is 3. The molecule has 76 valence electrons. The van der Waals surface area contributed by atoms with Gasteiger partial charge in [-0.3, -0.25) is 0 Å². The summed E-state index contributed by atoms with van der Waals surface area (Å²) in [6, 6.07) is 0. The Labute approximate surface area is 121 Å². The maximum absolute atomic E-state index is 12.3. The first kappa shape index (κ1) is 13.4. The van der Waals surface area contributed by atoms with E-state index >= 15 is 0 Å². The van der Waals surface area contributed by atoms with Crippen LogP contribution in [-0.2, 0) is 0 Å². The normalized spacial score (nSPS) is 39.9. The van der Waals surface area contributed by atoms with Crippen molar-refractivity contribution < 1.29 is 73.1 Å². The average molecular weight is 238 g/mol. The van der Waals surface area contributed by atoms with Gasteiger partial charge in [-0.15, -0.1) is 0 Å². The largest absolute Gasteiger partial charge is 1.00 e. The topological polar surface area (TPSA) is 0 Å². The summed E-state index contributed by atoms with van der Waals surface area (Å²) in [4.78, 5) is 0. The fourth-order valence-corrected chi connectivity index (χ4v) is 2.98. The summed E-state index contributed by atoms with van der Waals surface area (Å²) < 4.78 is 60.8. The Morgan fingerprint density at radius 2 is 1.50 bits per heavy atom. The molecule has 3 aliphatic rings. The van der Waals surface area contributed by atoms with Gasteiger partial charge in [0.1, 0.15) is 0 Å². The Hall–Kier alpha value is 1.35. The Bertz CT molecular complexity index is 219. The van der Waals surface area contributed by atoms with E-state index in [1.807, 2.05) is 0 Å². The second kappa shape index (κ2) is 3.68. The van der Waals surface area contributed by atoms with Crippen molar-refractivity contribution in [1.29, 1.82) is 0 Å². The smallest absolute Gasteiger partial charge is 0.449 e. The van der Waals surface area contributed by atoms with Crippen molar-refractivity contribution in [1.82, 2.24) is 0 Å². The zero-order chi connectivity index (χ0) is 9.91. The van der Waals surface area contributed by atoms with Crippen molar-refractivity contribution in [2.24, 2.45) is 5.41 Å². The fourth-order valence-electron chi connectivity index (χ4n) is 2.98. The molecule has 0 atom stereocenters. The van der Waals surface area contributed by atoms with Crippen molar-refractivity contribution in [2.45, 2.75) is 37.4 Å². The van der Waals surface area contributed by atoms with E-state index in [0.29, 0.717) is 0 Å². The Morgan fingerprint density at radius 3 is 1.79 bits per heavy atom. The van der Waals surface area contributed by atoms with Crippen LogP contribution in [0.2, 0.25) is 5.31 Å². The van der Waals surface area contributed by atoms with E-state index in [1.54, 1.807) is 0 Å². The van der Waals surface area contributed by atoms with Crippen LogP contribution in [0.5, 0.6) is 0 Å². The predicted octanol–water partition coefficient (Wildman–Crippen LogP) is 0.417. The van der Waals surface area contributed by atoms with Gasteiger partial charge in [-0.25, -0.2) is 8.78 Å². The van der Waals surface area contributed by atoms with Gasteiger partial charge >= 0.3 is 58.4 Å². The van der Waals surface area contributed by atoms with Crippen molar-refractivity contribution in [3.8, 4) is 0 Å². The van der Waals surface area contributed by atoms with Gasteiger partial charge in [0.2, 0.25) is 6.43 Å². The quantitative estimate of drug-likeness (QED) is 0.493. The molecule has 3 rings (SSSR count). The van der Waals surface area contributed by atoms with Gasteiger partial charge < -0.3 is 12.9 Å². The third-order valence-electron chi connectivity index (χ3n) is 3.46. The zero-order valence-corrected chi connectivity index (χ0v) is 11.0. The van der Waals surface area contributed by atoms with Gasteiger partial charge in [0.05, 0.1) is 0 Å². The fraction of sp³-hybridized carbons (Fsp3) is 1.00. The molecule has 3 fully saturated rings. The molecule has 3 aliphatic carbocycles. The Kier molecular flexibility index (Phi) is 3.53. The van der Waals surface area contributed by atoms with Crippen LogP contribution < -0.4 is 51.4 Å². The summed E-state index contributed by atoms with van der Waals surface area (Å²) >= 11 is 0. The molecule has 0 radical (unpaired) electrons. The first-order valence-electron chi connectivity index (χ1n) is 4.26. The summed E-state index contributed by atoms with van der Waals surface area (Å²) in [5, 5.41) is -1.52. The molecule has 0 nitrogen and oxygen atoms in total. The molecule has 2 bridgehead atoms. The summed E-state index contributed by atoms with van der Waals surface area (Å²) in [6.07, 6.45) is -2.95. The van der Waals surface area contributed by atoms with Crippen LogP contribution in [0, 0.1) is 5.41 Å². The predicted molar refractivity (Wildman–Crippen MR) is 38.7 cm³/mol. The maximum Gasteiger partial charge on any atom is 1.00 e. The second-order valence-corrected chi connectivity index (χ2v) is 4.56. The third kappa shape index (κ3) is 1.83. The van der Waals surface area contributed by atoms with E-state index in [9.17, 15) is 21.7 Å².